The number of likely N-dealkylation sites (tertiary alicyclic amines) is 1. The van der Waals surface area contributed by atoms with Crippen LogP contribution < -0.4 is 5.32 Å². The van der Waals surface area contributed by atoms with Gasteiger partial charge in [0.05, 0.1) is 0 Å². The smallest absolute Gasteiger partial charge is 0.226 e. The second-order valence-electron chi connectivity index (χ2n) is 6.55. The molecule has 1 amide bonds. The molecule has 23 heavy (non-hydrogen) atoms. The van der Waals surface area contributed by atoms with Gasteiger partial charge < -0.3 is 5.32 Å². The van der Waals surface area contributed by atoms with Crippen molar-refractivity contribution in [3.8, 4) is 0 Å². The van der Waals surface area contributed by atoms with Gasteiger partial charge in [0.1, 0.15) is 0 Å². The van der Waals surface area contributed by atoms with Crippen LogP contribution in [-0.2, 0) is 18.4 Å². The lowest BCUT2D eigenvalue weighted by Crippen LogP contribution is -2.28. The molecule has 0 bridgehead atoms. The van der Waals surface area contributed by atoms with E-state index in [-0.39, 0.29) is 11.8 Å². The second-order valence-corrected chi connectivity index (χ2v) is 7.75. The lowest BCUT2D eigenvalue weighted by atomic mass is 9.93. The van der Waals surface area contributed by atoms with E-state index in [9.17, 15) is 4.79 Å². The first-order valence-corrected chi connectivity index (χ1v) is 9.15. The summed E-state index contributed by atoms with van der Waals surface area (Å²) in [6, 6.07) is 4.43. The van der Waals surface area contributed by atoms with Gasteiger partial charge in [0.15, 0.2) is 5.82 Å². The van der Waals surface area contributed by atoms with E-state index >= 15 is 0 Å². The van der Waals surface area contributed by atoms with E-state index < -0.39 is 0 Å². The van der Waals surface area contributed by atoms with Crippen molar-refractivity contribution in [3.63, 3.8) is 0 Å². The van der Waals surface area contributed by atoms with E-state index in [1.54, 1.807) is 4.68 Å². The summed E-state index contributed by atoms with van der Waals surface area (Å²) in [6.45, 7) is 3.47. The molecule has 2 aromatic heterocycles. The van der Waals surface area contributed by atoms with Gasteiger partial charge in [-0.3, -0.25) is 14.4 Å². The number of hydrogen-bond acceptors (Lipinski definition) is 4. The molecule has 1 N–H and O–H groups in total. The summed E-state index contributed by atoms with van der Waals surface area (Å²) < 4.78 is 1.78. The lowest BCUT2D eigenvalue weighted by Gasteiger charge is -2.25. The lowest BCUT2D eigenvalue weighted by molar-refractivity contribution is -0.116. The Labute approximate surface area is 140 Å². The molecule has 2 aliphatic heterocycles. The molecule has 5 nitrogen and oxygen atoms in total. The number of nitrogens with one attached hydrogen (secondary N) is 1. The fourth-order valence-electron chi connectivity index (χ4n) is 3.60. The van der Waals surface area contributed by atoms with E-state index in [1.165, 1.54) is 42.1 Å². The Morgan fingerprint density at radius 1 is 1.30 bits per heavy atom. The number of aryl methyl sites for hydroxylation is 1. The molecule has 1 atom stereocenters. The highest BCUT2D eigenvalue weighted by molar-refractivity contribution is 7.12. The third kappa shape index (κ3) is 3.05. The summed E-state index contributed by atoms with van der Waals surface area (Å²) in [7, 11) is 1.90. The number of fused-ring (bicyclic) bond motifs is 1. The molecule has 1 saturated heterocycles. The Morgan fingerprint density at radius 2 is 2.13 bits per heavy atom. The molecule has 4 rings (SSSR count). The topological polar surface area (TPSA) is 50.2 Å². The monoisotopic (exact) mass is 330 g/mol. The van der Waals surface area contributed by atoms with Gasteiger partial charge in [-0.1, -0.05) is 6.42 Å². The average Bonchev–Trinajstić information content (AvgIpc) is 3.13. The van der Waals surface area contributed by atoms with Gasteiger partial charge in [-0.15, -0.1) is 11.3 Å². The van der Waals surface area contributed by atoms with Crippen molar-refractivity contribution in [3.05, 3.63) is 33.6 Å². The molecule has 2 aromatic rings. The van der Waals surface area contributed by atoms with E-state index in [1.807, 2.05) is 24.6 Å². The zero-order valence-electron chi connectivity index (χ0n) is 13.4. The summed E-state index contributed by atoms with van der Waals surface area (Å²) in [6.07, 6.45) is 6.55. The molecule has 1 fully saturated rings. The van der Waals surface area contributed by atoms with Gasteiger partial charge in [-0.25, -0.2) is 0 Å². The third-order valence-corrected chi connectivity index (χ3v) is 5.92. The molecule has 0 aliphatic carbocycles. The summed E-state index contributed by atoms with van der Waals surface area (Å²) in [4.78, 5) is 17.2. The Hall–Kier alpha value is -1.66. The summed E-state index contributed by atoms with van der Waals surface area (Å²) in [5.74, 6) is 0.930. The second kappa shape index (κ2) is 6.09. The third-order valence-electron chi connectivity index (χ3n) is 4.73. The van der Waals surface area contributed by atoms with Crippen LogP contribution in [0, 0.1) is 0 Å². The molecule has 1 unspecified atom stereocenters. The highest BCUT2D eigenvalue weighted by atomic mass is 32.1. The number of thiophene rings is 1. The van der Waals surface area contributed by atoms with Gasteiger partial charge in [-0.2, -0.15) is 5.10 Å². The standard InChI is InChI=1S/C17H22N4OS/c1-20-11-14-13(9-16(22)18-17(14)19-20)15-6-5-12(23-15)10-21-7-3-2-4-8-21/h5-6,11,13H,2-4,7-10H2,1H3,(H,18,19,22). The Kier molecular flexibility index (Phi) is 3.95. The minimum absolute atomic E-state index is 0.0622. The summed E-state index contributed by atoms with van der Waals surface area (Å²) in [5, 5.41) is 7.24. The van der Waals surface area contributed by atoms with Gasteiger partial charge in [-0.05, 0) is 38.1 Å². The Bertz CT molecular complexity index is 714. The number of amides is 1. The quantitative estimate of drug-likeness (QED) is 0.941. The number of rotatable bonds is 3. The molecule has 6 heteroatoms. The maximum absolute atomic E-state index is 12.0. The number of piperidine rings is 1. The van der Waals surface area contributed by atoms with E-state index in [0.29, 0.717) is 6.42 Å². The summed E-state index contributed by atoms with van der Waals surface area (Å²) >= 11 is 1.85. The molecule has 0 saturated carbocycles. The molecule has 2 aliphatic rings. The van der Waals surface area contributed by atoms with Crippen LogP contribution in [0.5, 0.6) is 0 Å². The summed E-state index contributed by atoms with van der Waals surface area (Å²) in [5.41, 5.74) is 1.14. The van der Waals surface area contributed by atoms with Crippen LogP contribution in [0.3, 0.4) is 0 Å². The number of nitrogens with zero attached hydrogens (tertiary/aromatic N) is 3. The number of aromatic nitrogens is 2. The number of anilines is 1. The van der Waals surface area contributed by atoms with Crippen LogP contribution in [0.4, 0.5) is 5.82 Å². The van der Waals surface area contributed by atoms with Crippen LogP contribution in [0.1, 0.15) is 46.9 Å². The van der Waals surface area contributed by atoms with Gasteiger partial charge in [0, 0.05) is 47.4 Å². The molecule has 0 aromatic carbocycles. The molecule has 4 heterocycles. The van der Waals surface area contributed by atoms with Crippen LogP contribution in [0.2, 0.25) is 0 Å². The molecular formula is C17H22N4OS. The maximum atomic E-state index is 12.0. The molecule has 0 radical (unpaired) electrons. The van der Waals surface area contributed by atoms with Crippen molar-refractivity contribution in [2.24, 2.45) is 7.05 Å². The minimum Gasteiger partial charge on any atom is -0.309 e. The van der Waals surface area contributed by atoms with E-state index in [2.05, 4.69) is 27.4 Å². The van der Waals surface area contributed by atoms with Gasteiger partial charge in [0.25, 0.3) is 0 Å². The van der Waals surface area contributed by atoms with Crippen LogP contribution >= 0.6 is 11.3 Å². The first-order valence-electron chi connectivity index (χ1n) is 8.33. The number of carbonyl (C=O) groups excluding carboxylic acids is 1. The average molecular weight is 330 g/mol. The first-order chi connectivity index (χ1) is 11.2. The van der Waals surface area contributed by atoms with Gasteiger partial charge >= 0.3 is 0 Å². The van der Waals surface area contributed by atoms with Crippen LogP contribution in [0.25, 0.3) is 0 Å². The normalized spacial score (nSPS) is 22.0. The predicted molar refractivity (Wildman–Crippen MR) is 91.7 cm³/mol. The fourth-order valence-corrected chi connectivity index (χ4v) is 4.77. The van der Waals surface area contributed by atoms with Crippen molar-refractivity contribution >= 4 is 23.1 Å². The van der Waals surface area contributed by atoms with Gasteiger partial charge in [0.2, 0.25) is 5.91 Å². The van der Waals surface area contributed by atoms with Crippen molar-refractivity contribution < 1.29 is 4.79 Å². The molecule has 0 spiro atoms. The van der Waals surface area contributed by atoms with Crippen molar-refractivity contribution in [1.82, 2.24) is 14.7 Å². The van der Waals surface area contributed by atoms with Crippen molar-refractivity contribution in [2.45, 2.75) is 38.1 Å². The first kappa shape index (κ1) is 14.9. The SMILES string of the molecule is Cn1cc2c(n1)NC(=O)CC2c1ccc(CN2CCCCC2)s1. The number of carbonyl (C=O) groups is 1. The predicted octanol–water partition coefficient (Wildman–Crippen LogP) is 2.94. The minimum atomic E-state index is 0.0622. The zero-order valence-corrected chi connectivity index (χ0v) is 14.2. The highest BCUT2D eigenvalue weighted by Gasteiger charge is 2.30. The Morgan fingerprint density at radius 3 is 2.96 bits per heavy atom. The highest BCUT2D eigenvalue weighted by Crippen LogP contribution is 2.39. The molecule has 122 valence electrons. The molecular weight excluding hydrogens is 308 g/mol. The van der Waals surface area contributed by atoms with Crippen molar-refractivity contribution in [2.75, 3.05) is 18.4 Å². The number of hydrogen-bond donors (Lipinski definition) is 1. The van der Waals surface area contributed by atoms with Crippen LogP contribution in [0.15, 0.2) is 18.3 Å². The maximum Gasteiger partial charge on any atom is 0.226 e. The van der Waals surface area contributed by atoms with Crippen molar-refractivity contribution in [1.29, 1.82) is 0 Å². The fraction of sp³-hybridized carbons (Fsp3) is 0.529. The zero-order chi connectivity index (χ0) is 15.8. The Balaban J connectivity index is 1.55. The van der Waals surface area contributed by atoms with Crippen LogP contribution in [-0.4, -0.2) is 33.7 Å². The van der Waals surface area contributed by atoms with E-state index in [4.69, 9.17) is 0 Å². The van der Waals surface area contributed by atoms with E-state index in [0.717, 1.165) is 17.9 Å². The largest absolute Gasteiger partial charge is 0.309 e.